The lowest BCUT2D eigenvalue weighted by Gasteiger charge is -2.55. The van der Waals surface area contributed by atoms with Crippen molar-refractivity contribution in [1.82, 2.24) is 0 Å². The molecule has 0 bridgehead atoms. The van der Waals surface area contributed by atoms with Crippen LogP contribution in [0.5, 0.6) is 0 Å². The number of allylic oxidation sites excluding steroid dienone is 4. The highest BCUT2D eigenvalue weighted by molar-refractivity contribution is 8.01. The summed E-state index contributed by atoms with van der Waals surface area (Å²) in [6.45, 7) is 5.12. The van der Waals surface area contributed by atoms with Gasteiger partial charge >= 0.3 is 0 Å². The smallest absolute Gasteiger partial charge is 0.156 e. The van der Waals surface area contributed by atoms with Gasteiger partial charge in [-0.1, -0.05) is 24.6 Å². The summed E-state index contributed by atoms with van der Waals surface area (Å²) in [5.41, 5.74) is 8.15. The van der Waals surface area contributed by atoms with Crippen LogP contribution in [0.1, 0.15) is 89.0 Å². The first-order valence-corrected chi connectivity index (χ1v) is 15.0. The van der Waals surface area contributed by atoms with Gasteiger partial charge in [0.25, 0.3) is 0 Å². The summed E-state index contributed by atoms with van der Waals surface area (Å²) in [6.07, 6.45) is 15.8. The lowest BCUT2D eigenvalue weighted by Crippen LogP contribution is -2.49. The van der Waals surface area contributed by atoms with Crippen molar-refractivity contribution in [3.05, 3.63) is 52.6 Å². The molecule has 2 nitrogen and oxygen atoms in total. The average molecular weight is 474 g/mol. The summed E-state index contributed by atoms with van der Waals surface area (Å²) >= 11 is 2.34. The van der Waals surface area contributed by atoms with Crippen LogP contribution in [-0.4, -0.2) is 29.4 Å². The summed E-state index contributed by atoms with van der Waals surface area (Å²) in [5, 5.41) is 0. The Morgan fingerprint density at radius 1 is 0.971 bits per heavy atom. The first-order chi connectivity index (χ1) is 16.6. The van der Waals surface area contributed by atoms with Gasteiger partial charge in [-0.05, 0) is 122 Å². The van der Waals surface area contributed by atoms with E-state index in [1.807, 2.05) is 6.08 Å². The number of ketones is 1. The van der Waals surface area contributed by atoms with Crippen LogP contribution in [-0.2, 0) is 4.79 Å². The molecule has 0 aromatic heterocycles. The monoisotopic (exact) mass is 473 g/mol. The molecular weight excluding hydrogens is 434 g/mol. The maximum atomic E-state index is 12.3. The number of hydrogen-bond acceptors (Lipinski definition) is 3. The average Bonchev–Trinajstić information content (AvgIpc) is 3.61. The molecule has 0 amide bonds. The molecule has 2 heterocycles. The summed E-state index contributed by atoms with van der Waals surface area (Å²) in [5.74, 6) is 3.81. The van der Waals surface area contributed by atoms with Crippen molar-refractivity contribution < 1.29 is 4.79 Å². The second-order valence-corrected chi connectivity index (χ2v) is 13.7. The van der Waals surface area contributed by atoms with Crippen molar-refractivity contribution in [3.8, 4) is 0 Å². The first-order valence-electron chi connectivity index (χ1n) is 14.0. The van der Waals surface area contributed by atoms with Crippen LogP contribution < -0.4 is 4.90 Å². The van der Waals surface area contributed by atoms with Gasteiger partial charge in [-0.25, -0.2) is 0 Å². The SMILES string of the molecule is C[C@]12C[C@H](c3ccc(N4CCCC4)cc3)C3=C4CCC(=O)C=C4CCC3C1CC[C@@]21CCCS1. The highest BCUT2D eigenvalue weighted by atomic mass is 32.2. The van der Waals surface area contributed by atoms with Crippen molar-refractivity contribution in [2.75, 3.05) is 23.7 Å². The summed E-state index contributed by atoms with van der Waals surface area (Å²) in [7, 11) is 0. The van der Waals surface area contributed by atoms with E-state index in [1.54, 1.807) is 16.7 Å². The Labute approximate surface area is 209 Å². The van der Waals surface area contributed by atoms with E-state index in [0.717, 1.165) is 31.1 Å². The molecule has 180 valence electrons. The fourth-order valence-electron chi connectivity index (χ4n) is 9.27. The predicted octanol–water partition coefficient (Wildman–Crippen LogP) is 7.45. The Morgan fingerprint density at radius 2 is 1.79 bits per heavy atom. The molecule has 5 atom stereocenters. The Balaban J connectivity index is 1.33. The third-order valence-corrected chi connectivity index (χ3v) is 12.8. The molecule has 2 saturated heterocycles. The van der Waals surface area contributed by atoms with Crippen LogP contribution in [0.3, 0.4) is 0 Å². The topological polar surface area (TPSA) is 20.3 Å². The number of fused-ring (bicyclic) bond motifs is 5. The van der Waals surface area contributed by atoms with Crippen molar-refractivity contribution >= 4 is 23.2 Å². The van der Waals surface area contributed by atoms with Crippen molar-refractivity contribution in [2.45, 2.75) is 88.2 Å². The van der Waals surface area contributed by atoms with Gasteiger partial charge in [0.15, 0.2) is 5.78 Å². The van der Waals surface area contributed by atoms with E-state index in [9.17, 15) is 4.79 Å². The van der Waals surface area contributed by atoms with E-state index >= 15 is 0 Å². The summed E-state index contributed by atoms with van der Waals surface area (Å²) < 4.78 is 0.514. The van der Waals surface area contributed by atoms with Crippen LogP contribution in [0.25, 0.3) is 0 Å². The Hall–Kier alpha value is -1.48. The second-order valence-electron chi connectivity index (χ2n) is 12.3. The molecule has 3 heteroatoms. The van der Waals surface area contributed by atoms with Crippen LogP contribution in [0.15, 0.2) is 47.1 Å². The van der Waals surface area contributed by atoms with E-state index in [1.165, 1.54) is 81.5 Å². The third kappa shape index (κ3) is 3.11. The lowest BCUT2D eigenvalue weighted by atomic mass is 9.51. The molecular formula is C31H39NOS. The minimum absolute atomic E-state index is 0.354. The zero-order chi connectivity index (χ0) is 22.9. The quantitative estimate of drug-likeness (QED) is 0.445. The van der Waals surface area contributed by atoms with Gasteiger partial charge < -0.3 is 4.90 Å². The van der Waals surface area contributed by atoms with E-state index in [2.05, 4.69) is 47.9 Å². The van der Waals surface area contributed by atoms with Gasteiger partial charge in [0, 0.05) is 35.9 Å². The number of carbonyl (C=O) groups excluding carboxylic acids is 1. The number of benzene rings is 1. The third-order valence-electron chi connectivity index (χ3n) is 10.9. The minimum atomic E-state index is 0.354. The second kappa shape index (κ2) is 8.02. The van der Waals surface area contributed by atoms with E-state index in [4.69, 9.17) is 0 Å². The highest BCUT2D eigenvalue weighted by Crippen LogP contribution is 2.72. The zero-order valence-electron chi connectivity index (χ0n) is 20.8. The number of thioether (sulfide) groups is 1. The van der Waals surface area contributed by atoms with Crippen molar-refractivity contribution in [1.29, 1.82) is 0 Å². The van der Waals surface area contributed by atoms with Crippen LogP contribution in [0, 0.1) is 17.3 Å². The van der Waals surface area contributed by atoms with E-state index in [0.29, 0.717) is 21.9 Å². The summed E-state index contributed by atoms with van der Waals surface area (Å²) in [4.78, 5) is 14.8. The van der Waals surface area contributed by atoms with Gasteiger partial charge in [0.05, 0.1) is 0 Å². The van der Waals surface area contributed by atoms with Crippen molar-refractivity contribution in [3.63, 3.8) is 0 Å². The Bertz CT molecular complexity index is 1060. The molecule has 4 fully saturated rings. The highest BCUT2D eigenvalue weighted by Gasteiger charge is 2.63. The number of nitrogens with zero attached hydrogens (tertiary/aromatic N) is 1. The molecule has 1 aromatic rings. The summed E-state index contributed by atoms with van der Waals surface area (Å²) in [6, 6.07) is 9.77. The van der Waals surface area contributed by atoms with Gasteiger partial charge in [0.2, 0.25) is 0 Å². The molecule has 6 aliphatic rings. The fraction of sp³-hybridized carbons (Fsp3) is 0.645. The first kappa shape index (κ1) is 21.8. The molecule has 0 N–H and O–H groups in total. The van der Waals surface area contributed by atoms with Crippen molar-refractivity contribution in [2.24, 2.45) is 17.3 Å². The molecule has 2 aliphatic heterocycles. The van der Waals surface area contributed by atoms with Gasteiger partial charge in [-0.15, -0.1) is 0 Å². The molecule has 1 spiro atoms. The van der Waals surface area contributed by atoms with Gasteiger partial charge in [-0.2, -0.15) is 11.8 Å². The number of anilines is 1. The Kier molecular flexibility index (Phi) is 5.13. The molecule has 34 heavy (non-hydrogen) atoms. The molecule has 4 aliphatic carbocycles. The zero-order valence-corrected chi connectivity index (χ0v) is 21.6. The minimum Gasteiger partial charge on any atom is -0.372 e. The fourth-order valence-corrected chi connectivity index (χ4v) is 11.1. The van der Waals surface area contributed by atoms with Gasteiger partial charge in [0.1, 0.15) is 0 Å². The number of carbonyl (C=O) groups is 1. The maximum Gasteiger partial charge on any atom is 0.156 e. The van der Waals surface area contributed by atoms with E-state index < -0.39 is 0 Å². The maximum absolute atomic E-state index is 12.3. The normalized spacial score (nSPS) is 39.3. The Morgan fingerprint density at radius 3 is 2.56 bits per heavy atom. The lowest BCUT2D eigenvalue weighted by molar-refractivity contribution is -0.114. The number of rotatable bonds is 2. The van der Waals surface area contributed by atoms with Crippen LogP contribution >= 0.6 is 11.8 Å². The molecule has 0 radical (unpaired) electrons. The van der Waals surface area contributed by atoms with Crippen LogP contribution in [0.4, 0.5) is 5.69 Å². The number of hydrogen-bond donors (Lipinski definition) is 0. The molecule has 2 saturated carbocycles. The standard InChI is InChI=1S/C31H39NOS/c1-30-20-27(21-5-8-23(9-6-21)32-16-2-3-17-32)29-25-12-10-24(33)19-22(25)7-11-26(29)28(30)13-15-31(30)14-4-18-34-31/h5-6,8-9,19,26-28H,2-4,7,10-18,20H2,1H3/t26?,27-,28?,30+,31+/m1/s1. The predicted molar refractivity (Wildman–Crippen MR) is 143 cm³/mol. The molecule has 2 unspecified atom stereocenters. The molecule has 7 rings (SSSR count). The largest absolute Gasteiger partial charge is 0.372 e. The van der Waals surface area contributed by atoms with Crippen LogP contribution in [0.2, 0.25) is 0 Å². The van der Waals surface area contributed by atoms with E-state index in [-0.39, 0.29) is 0 Å². The molecule has 1 aromatic carbocycles. The van der Waals surface area contributed by atoms with Gasteiger partial charge in [-0.3, -0.25) is 4.79 Å².